The molecule has 6 heteroatoms. The van der Waals surface area contributed by atoms with Gasteiger partial charge in [0, 0.05) is 33.7 Å². The Hall–Kier alpha value is -1.11. The van der Waals surface area contributed by atoms with Crippen molar-refractivity contribution in [3.8, 4) is 0 Å². The molecule has 2 rings (SSSR count). The number of rotatable bonds is 2. The second kappa shape index (κ2) is 4.64. The van der Waals surface area contributed by atoms with E-state index in [1.807, 2.05) is 24.3 Å². The van der Waals surface area contributed by atoms with Gasteiger partial charge in [0.2, 0.25) is 0 Å². The van der Waals surface area contributed by atoms with Gasteiger partial charge in [-0.25, -0.2) is 0 Å². The summed E-state index contributed by atoms with van der Waals surface area (Å²) in [5.74, 6) is 0. The molecule has 0 atom stereocenters. The third kappa shape index (κ3) is 2.29. The van der Waals surface area contributed by atoms with E-state index in [0.717, 1.165) is 11.3 Å². The number of para-hydroxylation sites is 1. The van der Waals surface area contributed by atoms with Gasteiger partial charge in [-0.2, -0.15) is 12.7 Å². The van der Waals surface area contributed by atoms with Crippen LogP contribution in [0.2, 0.25) is 0 Å². The van der Waals surface area contributed by atoms with Crippen molar-refractivity contribution in [1.82, 2.24) is 9.62 Å². The van der Waals surface area contributed by atoms with Crippen LogP contribution in [0.15, 0.2) is 24.3 Å². The maximum absolute atomic E-state index is 12.2. The molecule has 0 radical (unpaired) electrons. The zero-order valence-electron chi connectivity index (χ0n) is 10.0. The summed E-state index contributed by atoms with van der Waals surface area (Å²) in [6, 6.07) is 7.59. The van der Waals surface area contributed by atoms with Crippen LogP contribution in [-0.4, -0.2) is 39.9 Å². The highest BCUT2D eigenvalue weighted by molar-refractivity contribution is 7.90. The van der Waals surface area contributed by atoms with E-state index < -0.39 is 10.2 Å². The summed E-state index contributed by atoms with van der Waals surface area (Å²) in [4.78, 5) is 0. The molecule has 1 aromatic rings. The molecule has 1 N–H and O–H groups in total. The van der Waals surface area contributed by atoms with Gasteiger partial charge in [0.1, 0.15) is 0 Å². The minimum absolute atomic E-state index is 0.456. The van der Waals surface area contributed by atoms with Crippen LogP contribution >= 0.6 is 0 Å². The second-order valence-corrected chi connectivity index (χ2v) is 6.23. The number of fused-ring (bicyclic) bond motifs is 1. The van der Waals surface area contributed by atoms with E-state index in [1.165, 1.54) is 8.61 Å². The van der Waals surface area contributed by atoms with Crippen LogP contribution < -0.4 is 9.62 Å². The highest BCUT2D eigenvalue weighted by Crippen LogP contribution is 2.25. The maximum Gasteiger partial charge on any atom is 0.303 e. The van der Waals surface area contributed by atoms with Crippen molar-refractivity contribution in [3.05, 3.63) is 29.8 Å². The average molecular weight is 255 g/mol. The molecule has 17 heavy (non-hydrogen) atoms. The van der Waals surface area contributed by atoms with Crippen LogP contribution in [0.5, 0.6) is 0 Å². The Kier molecular flexibility index (Phi) is 3.37. The molecule has 0 amide bonds. The summed E-state index contributed by atoms with van der Waals surface area (Å²) in [7, 11) is -0.306. The topological polar surface area (TPSA) is 52.7 Å². The predicted molar refractivity (Wildman–Crippen MR) is 68.1 cm³/mol. The number of hydrogen-bond donors (Lipinski definition) is 1. The molecule has 0 bridgehead atoms. The van der Waals surface area contributed by atoms with E-state index in [4.69, 9.17) is 0 Å². The fourth-order valence-corrected chi connectivity index (χ4v) is 3.01. The Morgan fingerprint density at radius 3 is 2.71 bits per heavy atom. The fourth-order valence-electron chi connectivity index (χ4n) is 1.86. The van der Waals surface area contributed by atoms with Crippen LogP contribution in [0.1, 0.15) is 5.56 Å². The SMILES string of the molecule is CN(C)S(=O)(=O)N1CCNCc2ccccc21. The zero-order chi connectivity index (χ0) is 12.5. The molecule has 0 spiro atoms. The van der Waals surface area contributed by atoms with Crippen LogP contribution in [0.4, 0.5) is 5.69 Å². The summed E-state index contributed by atoms with van der Waals surface area (Å²) < 4.78 is 27.2. The molecule has 94 valence electrons. The maximum atomic E-state index is 12.2. The molecular formula is C11H17N3O2S. The predicted octanol–water partition coefficient (Wildman–Crippen LogP) is 0.403. The Labute approximate surface area is 102 Å². The molecule has 0 saturated carbocycles. The lowest BCUT2D eigenvalue weighted by Crippen LogP contribution is -2.42. The number of hydrogen-bond acceptors (Lipinski definition) is 3. The number of nitrogens with zero attached hydrogens (tertiary/aromatic N) is 2. The lowest BCUT2D eigenvalue weighted by atomic mass is 10.2. The lowest BCUT2D eigenvalue weighted by molar-refractivity contribution is 0.515. The molecule has 1 aromatic carbocycles. The van der Waals surface area contributed by atoms with Gasteiger partial charge in [-0.3, -0.25) is 4.31 Å². The van der Waals surface area contributed by atoms with Crippen molar-refractivity contribution in [1.29, 1.82) is 0 Å². The molecule has 0 saturated heterocycles. The van der Waals surface area contributed by atoms with Crippen molar-refractivity contribution in [3.63, 3.8) is 0 Å². The van der Waals surface area contributed by atoms with Gasteiger partial charge in [0.25, 0.3) is 0 Å². The van der Waals surface area contributed by atoms with E-state index in [2.05, 4.69) is 5.32 Å². The van der Waals surface area contributed by atoms with Gasteiger partial charge in [0.05, 0.1) is 5.69 Å². The zero-order valence-corrected chi connectivity index (χ0v) is 10.9. The van der Waals surface area contributed by atoms with Crippen molar-refractivity contribution >= 4 is 15.9 Å². The number of anilines is 1. The molecular weight excluding hydrogens is 238 g/mol. The smallest absolute Gasteiger partial charge is 0.303 e. The number of nitrogens with one attached hydrogen (secondary N) is 1. The fraction of sp³-hybridized carbons (Fsp3) is 0.455. The minimum atomic E-state index is -3.41. The Morgan fingerprint density at radius 2 is 2.00 bits per heavy atom. The van der Waals surface area contributed by atoms with E-state index in [9.17, 15) is 8.42 Å². The van der Waals surface area contributed by atoms with Crippen molar-refractivity contribution in [2.45, 2.75) is 6.54 Å². The summed E-state index contributed by atoms with van der Waals surface area (Å²) in [6.45, 7) is 1.81. The summed E-state index contributed by atoms with van der Waals surface area (Å²) in [6.07, 6.45) is 0. The first kappa shape index (κ1) is 12.3. The van der Waals surface area contributed by atoms with E-state index in [1.54, 1.807) is 14.1 Å². The van der Waals surface area contributed by atoms with Crippen LogP contribution in [0.25, 0.3) is 0 Å². The first-order valence-electron chi connectivity index (χ1n) is 5.52. The van der Waals surface area contributed by atoms with Crippen LogP contribution in [0, 0.1) is 0 Å². The third-order valence-electron chi connectivity index (χ3n) is 2.81. The monoisotopic (exact) mass is 255 g/mol. The number of benzene rings is 1. The average Bonchev–Trinajstić information content (AvgIpc) is 2.51. The summed E-state index contributed by atoms with van der Waals surface area (Å²) >= 11 is 0. The van der Waals surface area contributed by atoms with E-state index in [-0.39, 0.29) is 0 Å². The van der Waals surface area contributed by atoms with Crippen molar-refractivity contribution in [2.24, 2.45) is 0 Å². The van der Waals surface area contributed by atoms with Gasteiger partial charge < -0.3 is 5.32 Å². The van der Waals surface area contributed by atoms with Crippen molar-refractivity contribution < 1.29 is 8.42 Å². The van der Waals surface area contributed by atoms with E-state index in [0.29, 0.717) is 19.6 Å². The van der Waals surface area contributed by atoms with Gasteiger partial charge >= 0.3 is 10.2 Å². The molecule has 1 heterocycles. The molecule has 5 nitrogen and oxygen atoms in total. The van der Waals surface area contributed by atoms with Gasteiger partial charge in [-0.15, -0.1) is 0 Å². The highest BCUT2D eigenvalue weighted by atomic mass is 32.2. The highest BCUT2D eigenvalue weighted by Gasteiger charge is 2.27. The van der Waals surface area contributed by atoms with Crippen LogP contribution in [0.3, 0.4) is 0 Å². The van der Waals surface area contributed by atoms with Gasteiger partial charge in [0.15, 0.2) is 0 Å². The summed E-state index contributed by atoms with van der Waals surface area (Å²) in [5, 5.41) is 3.22. The first-order valence-corrected chi connectivity index (χ1v) is 6.92. The van der Waals surface area contributed by atoms with Crippen molar-refractivity contribution in [2.75, 3.05) is 31.5 Å². The molecule has 0 aromatic heterocycles. The quantitative estimate of drug-likeness (QED) is 0.832. The Bertz CT molecular complexity index is 499. The molecule has 0 unspecified atom stereocenters. The first-order chi connectivity index (χ1) is 8.03. The molecule has 1 aliphatic rings. The largest absolute Gasteiger partial charge is 0.311 e. The van der Waals surface area contributed by atoms with Gasteiger partial charge in [-0.05, 0) is 11.6 Å². The molecule has 0 aliphatic carbocycles. The lowest BCUT2D eigenvalue weighted by Gasteiger charge is -2.27. The summed E-state index contributed by atoms with van der Waals surface area (Å²) in [5.41, 5.74) is 1.78. The van der Waals surface area contributed by atoms with Crippen LogP contribution in [-0.2, 0) is 16.8 Å². The Balaban J connectivity index is 2.49. The molecule has 1 aliphatic heterocycles. The Morgan fingerprint density at radius 1 is 1.29 bits per heavy atom. The normalized spacial score (nSPS) is 16.8. The van der Waals surface area contributed by atoms with E-state index >= 15 is 0 Å². The standard InChI is InChI=1S/C11H17N3O2S/c1-13(2)17(15,16)14-8-7-12-9-10-5-3-4-6-11(10)14/h3-6,12H,7-9H2,1-2H3. The second-order valence-electron chi connectivity index (χ2n) is 4.17. The molecule has 0 fully saturated rings. The third-order valence-corrected chi connectivity index (χ3v) is 4.67. The van der Waals surface area contributed by atoms with Gasteiger partial charge in [-0.1, -0.05) is 18.2 Å². The minimum Gasteiger partial charge on any atom is -0.311 e.